The normalized spacial score (nSPS) is 21.3. The number of furan rings is 1. The highest BCUT2D eigenvalue weighted by atomic mass is 35.5. The van der Waals surface area contributed by atoms with Gasteiger partial charge in [-0.3, -0.25) is 9.59 Å². The Kier molecular flexibility index (Phi) is 5.58. The Bertz CT molecular complexity index is 851. The molecule has 2 atom stereocenters. The minimum absolute atomic E-state index is 0. The van der Waals surface area contributed by atoms with Gasteiger partial charge in [-0.2, -0.15) is 0 Å². The number of anilines is 1. The number of hydrogen-bond acceptors (Lipinski definition) is 4. The molecule has 0 bridgehead atoms. The van der Waals surface area contributed by atoms with Crippen molar-refractivity contribution in [1.82, 2.24) is 4.90 Å². The van der Waals surface area contributed by atoms with Gasteiger partial charge in [0.05, 0.1) is 19.2 Å². The van der Waals surface area contributed by atoms with E-state index in [4.69, 9.17) is 10.2 Å². The second-order valence-electron chi connectivity index (χ2n) is 7.20. The number of benzene rings is 1. The van der Waals surface area contributed by atoms with Crippen molar-refractivity contribution in [3.05, 3.63) is 53.5 Å². The van der Waals surface area contributed by atoms with E-state index in [0.717, 1.165) is 23.2 Å². The fraction of sp³-hybridized carbons (Fsp3) is 0.400. The van der Waals surface area contributed by atoms with Gasteiger partial charge in [0.2, 0.25) is 5.91 Å². The summed E-state index contributed by atoms with van der Waals surface area (Å²) < 4.78 is 5.53. The highest BCUT2D eigenvalue weighted by molar-refractivity contribution is 6.01. The topological polar surface area (TPSA) is 79.8 Å². The molecule has 0 saturated carbocycles. The third kappa shape index (κ3) is 3.47. The molecule has 7 heteroatoms. The Morgan fingerprint density at radius 2 is 2.07 bits per heavy atom. The first-order chi connectivity index (χ1) is 12.6. The third-order valence-corrected chi connectivity index (χ3v) is 5.45. The van der Waals surface area contributed by atoms with E-state index in [0.29, 0.717) is 37.7 Å². The number of nitrogens with two attached hydrogens (primary N) is 1. The summed E-state index contributed by atoms with van der Waals surface area (Å²) in [6.07, 6.45) is 2.84. The largest absolute Gasteiger partial charge is 0.459 e. The highest BCUT2D eigenvalue weighted by Crippen LogP contribution is 2.31. The number of para-hydroxylation sites is 1. The van der Waals surface area contributed by atoms with E-state index in [1.807, 2.05) is 36.1 Å². The molecule has 2 aromatic rings. The van der Waals surface area contributed by atoms with Gasteiger partial charge in [0, 0.05) is 23.8 Å². The van der Waals surface area contributed by atoms with Crippen LogP contribution in [0.5, 0.6) is 0 Å². The zero-order valence-electron chi connectivity index (χ0n) is 15.3. The number of nitrogens with zero attached hydrogens (tertiary/aromatic N) is 2. The first-order valence-electron chi connectivity index (χ1n) is 9.04. The molecular formula is C20H24ClN3O3. The van der Waals surface area contributed by atoms with Crippen LogP contribution in [0.1, 0.15) is 35.0 Å². The summed E-state index contributed by atoms with van der Waals surface area (Å²) in [5.41, 5.74) is 8.44. The Morgan fingerprint density at radius 1 is 1.30 bits per heavy atom. The maximum Gasteiger partial charge on any atom is 0.290 e. The van der Waals surface area contributed by atoms with E-state index in [-0.39, 0.29) is 30.3 Å². The zero-order valence-corrected chi connectivity index (χ0v) is 16.1. The number of rotatable bonds is 4. The molecule has 3 heterocycles. The van der Waals surface area contributed by atoms with Gasteiger partial charge < -0.3 is 20.0 Å². The molecule has 2 N–H and O–H groups in total. The van der Waals surface area contributed by atoms with Gasteiger partial charge in [0.25, 0.3) is 5.91 Å². The van der Waals surface area contributed by atoms with Gasteiger partial charge in [0.15, 0.2) is 5.76 Å². The van der Waals surface area contributed by atoms with E-state index >= 15 is 0 Å². The lowest BCUT2D eigenvalue weighted by Gasteiger charge is -2.22. The molecule has 1 fully saturated rings. The maximum absolute atomic E-state index is 13.0. The summed E-state index contributed by atoms with van der Waals surface area (Å²) >= 11 is 0. The number of amides is 2. The van der Waals surface area contributed by atoms with Crippen LogP contribution in [0, 0.1) is 5.92 Å². The molecule has 1 aromatic carbocycles. The first kappa shape index (κ1) is 19.5. The second kappa shape index (κ2) is 7.74. The SMILES string of the molecule is CC1CC(CN)CN1C(=O)c1occc1CN1C(=O)Cc2ccccc21.Cl. The van der Waals surface area contributed by atoms with Crippen molar-refractivity contribution in [3.63, 3.8) is 0 Å². The standard InChI is InChI=1S/C20H23N3O3.ClH/c1-13-8-14(10-21)11-22(13)20(25)19-16(6-7-26-19)12-23-17-5-3-2-4-15(17)9-18(23)24;/h2-7,13-14H,8-12,21H2,1H3;1H. The number of carbonyl (C=O) groups excluding carboxylic acids is 2. The van der Waals surface area contributed by atoms with Crippen molar-refractivity contribution in [2.45, 2.75) is 32.4 Å². The lowest BCUT2D eigenvalue weighted by atomic mass is 10.1. The van der Waals surface area contributed by atoms with Gasteiger partial charge in [-0.1, -0.05) is 18.2 Å². The summed E-state index contributed by atoms with van der Waals surface area (Å²) in [6, 6.07) is 9.69. The lowest BCUT2D eigenvalue weighted by Crippen LogP contribution is -2.35. The summed E-state index contributed by atoms with van der Waals surface area (Å²) in [6.45, 7) is 3.62. The van der Waals surface area contributed by atoms with Crippen molar-refractivity contribution in [2.75, 3.05) is 18.0 Å². The van der Waals surface area contributed by atoms with Crippen LogP contribution in [0.25, 0.3) is 0 Å². The number of carbonyl (C=O) groups is 2. The molecule has 2 unspecified atom stereocenters. The number of hydrogen-bond donors (Lipinski definition) is 1. The molecule has 0 radical (unpaired) electrons. The van der Waals surface area contributed by atoms with Crippen LogP contribution >= 0.6 is 12.4 Å². The molecule has 0 aliphatic carbocycles. The Morgan fingerprint density at radius 3 is 2.81 bits per heavy atom. The van der Waals surface area contributed by atoms with Gasteiger partial charge in [-0.15, -0.1) is 12.4 Å². The molecule has 1 aromatic heterocycles. The number of halogens is 1. The van der Waals surface area contributed by atoms with Crippen LogP contribution in [0.2, 0.25) is 0 Å². The monoisotopic (exact) mass is 389 g/mol. The van der Waals surface area contributed by atoms with E-state index in [1.165, 1.54) is 6.26 Å². The van der Waals surface area contributed by atoms with Crippen molar-refractivity contribution in [3.8, 4) is 0 Å². The van der Waals surface area contributed by atoms with E-state index < -0.39 is 0 Å². The van der Waals surface area contributed by atoms with Crippen molar-refractivity contribution < 1.29 is 14.0 Å². The van der Waals surface area contributed by atoms with Gasteiger partial charge in [0.1, 0.15) is 0 Å². The maximum atomic E-state index is 13.0. The first-order valence-corrected chi connectivity index (χ1v) is 9.04. The lowest BCUT2D eigenvalue weighted by molar-refractivity contribution is -0.117. The van der Waals surface area contributed by atoms with Crippen LogP contribution in [-0.2, 0) is 17.8 Å². The van der Waals surface area contributed by atoms with Crippen LogP contribution in [-0.4, -0.2) is 35.8 Å². The quantitative estimate of drug-likeness (QED) is 0.871. The van der Waals surface area contributed by atoms with Crippen LogP contribution in [0.15, 0.2) is 41.0 Å². The van der Waals surface area contributed by atoms with Crippen molar-refractivity contribution >= 4 is 29.9 Å². The average Bonchev–Trinajstić information content (AvgIpc) is 3.33. The summed E-state index contributed by atoms with van der Waals surface area (Å²) in [4.78, 5) is 29.0. The van der Waals surface area contributed by atoms with Crippen molar-refractivity contribution in [2.24, 2.45) is 11.7 Å². The minimum Gasteiger partial charge on any atom is -0.459 e. The molecule has 2 aliphatic rings. The fourth-order valence-corrected chi connectivity index (χ4v) is 4.03. The molecule has 0 spiro atoms. The zero-order chi connectivity index (χ0) is 18.3. The fourth-order valence-electron chi connectivity index (χ4n) is 4.03. The Labute approximate surface area is 164 Å². The van der Waals surface area contributed by atoms with Gasteiger partial charge in [-0.05, 0) is 43.5 Å². The average molecular weight is 390 g/mol. The second-order valence-corrected chi connectivity index (χ2v) is 7.20. The minimum atomic E-state index is -0.117. The third-order valence-electron chi connectivity index (χ3n) is 5.45. The predicted octanol–water partition coefficient (Wildman–Crippen LogP) is 2.60. The van der Waals surface area contributed by atoms with E-state index in [1.54, 1.807) is 11.0 Å². The van der Waals surface area contributed by atoms with Crippen LogP contribution < -0.4 is 10.6 Å². The molecule has 6 nitrogen and oxygen atoms in total. The summed E-state index contributed by atoms with van der Waals surface area (Å²) in [5.74, 6) is 0.586. The molecule has 2 amide bonds. The number of likely N-dealkylation sites (tertiary alicyclic amines) is 1. The number of fused-ring (bicyclic) bond motifs is 1. The Hall–Kier alpha value is -2.31. The van der Waals surface area contributed by atoms with Crippen molar-refractivity contribution in [1.29, 1.82) is 0 Å². The summed E-state index contributed by atoms with van der Waals surface area (Å²) in [5, 5.41) is 0. The molecule has 27 heavy (non-hydrogen) atoms. The highest BCUT2D eigenvalue weighted by Gasteiger charge is 2.35. The van der Waals surface area contributed by atoms with Gasteiger partial charge >= 0.3 is 0 Å². The molecule has 2 aliphatic heterocycles. The van der Waals surface area contributed by atoms with Crippen LogP contribution in [0.3, 0.4) is 0 Å². The smallest absolute Gasteiger partial charge is 0.290 e. The summed E-state index contributed by atoms with van der Waals surface area (Å²) in [7, 11) is 0. The van der Waals surface area contributed by atoms with Gasteiger partial charge in [-0.25, -0.2) is 0 Å². The molecule has 4 rings (SSSR count). The Balaban J connectivity index is 0.00000210. The predicted molar refractivity (Wildman–Crippen MR) is 105 cm³/mol. The molecular weight excluding hydrogens is 366 g/mol. The van der Waals surface area contributed by atoms with E-state index in [2.05, 4.69) is 0 Å². The van der Waals surface area contributed by atoms with E-state index in [9.17, 15) is 9.59 Å². The molecule has 144 valence electrons. The van der Waals surface area contributed by atoms with Crippen LogP contribution in [0.4, 0.5) is 5.69 Å². The molecule has 1 saturated heterocycles.